The quantitative estimate of drug-likeness (QED) is 0.518. The molecule has 0 aliphatic carbocycles. The number of nitrogens with zero attached hydrogens (tertiary/aromatic N) is 1. The van der Waals surface area contributed by atoms with Gasteiger partial charge in [-0.3, -0.25) is 4.99 Å². The Kier molecular flexibility index (Phi) is 6.46. The van der Waals surface area contributed by atoms with Gasteiger partial charge in [-0.2, -0.15) is 0 Å². The molecule has 1 N–H and O–H groups in total. The number of aromatic carboxylic acids is 1. The largest absolute Gasteiger partial charge is 0.493 e. The fourth-order valence-electron chi connectivity index (χ4n) is 2.55. The second-order valence-electron chi connectivity index (χ2n) is 6.06. The number of carboxylic acid groups (broad SMARTS) is 1. The van der Waals surface area contributed by atoms with Crippen LogP contribution in [0.1, 0.15) is 21.5 Å². The monoisotopic (exact) mass is 413 g/mol. The zero-order valence-electron chi connectivity index (χ0n) is 15.4. The Balaban J connectivity index is 1.73. The van der Waals surface area contributed by atoms with Crippen molar-refractivity contribution in [2.75, 3.05) is 7.11 Å². The predicted molar refractivity (Wildman–Crippen MR) is 109 cm³/mol. The molecule has 29 heavy (non-hydrogen) atoms. The highest BCUT2D eigenvalue weighted by Gasteiger charge is 2.08. The van der Waals surface area contributed by atoms with E-state index < -0.39 is 11.8 Å². The highest BCUT2D eigenvalue weighted by Crippen LogP contribution is 2.29. The maximum absolute atomic E-state index is 13.2. The smallest absolute Gasteiger partial charge is 0.335 e. The van der Waals surface area contributed by atoms with Gasteiger partial charge in [0.15, 0.2) is 11.5 Å². The lowest BCUT2D eigenvalue weighted by Crippen LogP contribution is -2.01. The number of halogens is 2. The van der Waals surface area contributed by atoms with Crippen LogP contribution in [0.25, 0.3) is 0 Å². The molecule has 0 amide bonds. The minimum atomic E-state index is -0.990. The van der Waals surface area contributed by atoms with Gasteiger partial charge in [0.2, 0.25) is 0 Å². The number of carbonyl (C=O) groups is 1. The Bertz CT molecular complexity index is 1070. The maximum atomic E-state index is 13.2. The summed E-state index contributed by atoms with van der Waals surface area (Å²) in [7, 11) is 1.52. The average Bonchev–Trinajstić information content (AvgIpc) is 2.73. The molecular weight excluding hydrogens is 397 g/mol. The first kappa shape index (κ1) is 20.4. The molecule has 0 atom stereocenters. The Morgan fingerprint density at radius 3 is 2.69 bits per heavy atom. The Morgan fingerprint density at radius 1 is 1.14 bits per heavy atom. The van der Waals surface area contributed by atoms with Crippen LogP contribution < -0.4 is 9.47 Å². The second-order valence-corrected chi connectivity index (χ2v) is 6.47. The van der Waals surface area contributed by atoms with Crippen molar-refractivity contribution >= 4 is 29.5 Å². The topological polar surface area (TPSA) is 68.1 Å². The van der Waals surface area contributed by atoms with Crippen molar-refractivity contribution in [2.45, 2.75) is 6.61 Å². The van der Waals surface area contributed by atoms with Gasteiger partial charge in [-0.1, -0.05) is 23.7 Å². The van der Waals surface area contributed by atoms with Crippen LogP contribution in [0.4, 0.5) is 10.1 Å². The summed E-state index contributed by atoms with van der Waals surface area (Å²) < 4.78 is 24.4. The van der Waals surface area contributed by atoms with E-state index in [0.29, 0.717) is 17.2 Å². The van der Waals surface area contributed by atoms with Gasteiger partial charge in [-0.25, -0.2) is 9.18 Å². The molecule has 148 valence electrons. The fourth-order valence-corrected chi connectivity index (χ4v) is 2.73. The molecule has 0 aliphatic heterocycles. The maximum Gasteiger partial charge on any atom is 0.335 e. The predicted octanol–water partition coefficient (Wildman–Crippen LogP) is 5.52. The first-order valence-corrected chi connectivity index (χ1v) is 8.96. The third-order valence-electron chi connectivity index (χ3n) is 4.02. The molecule has 0 fully saturated rings. The van der Waals surface area contributed by atoms with Crippen LogP contribution in [0.2, 0.25) is 5.02 Å². The highest BCUT2D eigenvalue weighted by atomic mass is 35.5. The van der Waals surface area contributed by atoms with E-state index in [-0.39, 0.29) is 17.2 Å². The molecule has 3 rings (SSSR count). The third-order valence-corrected chi connectivity index (χ3v) is 4.31. The van der Waals surface area contributed by atoms with Gasteiger partial charge >= 0.3 is 5.97 Å². The van der Waals surface area contributed by atoms with Gasteiger partial charge in [0.05, 0.1) is 23.4 Å². The van der Waals surface area contributed by atoms with Crippen LogP contribution in [0, 0.1) is 5.82 Å². The van der Waals surface area contributed by atoms with Crippen LogP contribution in [-0.4, -0.2) is 24.4 Å². The molecule has 0 bridgehead atoms. The fraction of sp³-hybridized carbons (Fsp3) is 0.0909. The summed E-state index contributed by atoms with van der Waals surface area (Å²) in [5.41, 5.74) is 2.20. The average molecular weight is 414 g/mol. The highest BCUT2D eigenvalue weighted by molar-refractivity contribution is 6.31. The van der Waals surface area contributed by atoms with Gasteiger partial charge in [0.25, 0.3) is 0 Å². The molecule has 0 saturated heterocycles. The summed E-state index contributed by atoms with van der Waals surface area (Å²) in [5, 5.41) is 9.08. The molecule has 3 aromatic carbocycles. The van der Waals surface area contributed by atoms with Gasteiger partial charge in [-0.05, 0) is 59.7 Å². The summed E-state index contributed by atoms with van der Waals surface area (Å²) in [5.74, 6) is -0.478. The van der Waals surface area contributed by atoms with Crippen LogP contribution in [0.3, 0.4) is 0 Å². The second kappa shape index (κ2) is 9.21. The number of aliphatic imine (C=N–C) groups is 1. The molecule has 0 spiro atoms. The van der Waals surface area contributed by atoms with E-state index in [0.717, 1.165) is 11.1 Å². The van der Waals surface area contributed by atoms with Crippen molar-refractivity contribution in [3.05, 3.63) is 88.2 Å². The number of methoxy groups -OCH3 is 1. The summed E-state index contributed by atoms with van der Waals surface area (Å²) >= 11 is 5.76. The number of rotatable bonds is 7. The molecule has 3 aromatic rings. The van der Waals surface area contributed by atoms with E-state index in [1.54, 1.807) is 42.6 Å². The lowest BCUT2D eigenvalue weighted by atomic mass is 10.1. The van der Waals surface area contributed by atoms with Crippen LogP contribution in [-0.2, 0) is 6.61 Å². The summed E-state index contributed by atoms with van der Waals surface area (Å²) in [4.78, 5) is 15.3. The first-order valence-electron chi connectivity index (χ1n) is 8.58. The summed E-state index contributed by atoms with van der Waals surface area (Å²) in [6, 6.07) is 16.0. The molecule has 0 saturated carbocycles. The number of ether oxygens (including phenoxy) is 2. The first-order chi connectivity index (χ1) is 14.0. The lowest BCUT2D eigenvalue weighted by molar-refractivity contribution is 0.0696. The zero-order chi connectivity index (χ0) is 20.8. The summed E-state index contributed by atoms with van der Waals surface area (Å²) in [6.07, 6.45) is 1.60. The molecule has 7 heteroatoms. The number of hydrogen-bond donors (Lipinski definition) is 1. The number of carboxylic acids is 1. The van der Waals surface area contributed by atoms with E-state index in [1.165, 1.54) is 31.4 Å². The van der Waals surface area contributed by atoms with Crippen molar-refractivity contribution in [2.24, 2.45) is 4.99 Å². The molecule has 0 heterocycles. The van der Waals surface area contributed by atoms with Gasteiger partial charge in [0.1, 0.15) is 12.4 Å². The Morgan fingerprint density at radius 2 is 1.97 bits per heavy atom. The molecule has 0 radical (unpaired) electrons. The van der Waals surface area contributed by atoms with Crippen molar-refractivity contribution in [3.8, 4) is 11.5 Å². The third kappa shape index (κ3) is 5.33. The van der Waals surface area contributed by atoms with Crippen LogP contribution in [0.5, 0.6) is 11.5 Å². The van der Waals surface area contributed by atoms with E-state index in [4.69, 9.17) is 26.2 Å². The number of hydrogen-bond acceptors (Lipinski definition) is 4. The van der Waals surface area contributed by atoms with E-state index in [1.807, 2.05) is 0 Å². The zero-order valence-corrected chi connectivity index (χ0v) is 16.2. The standard InChI is InChI=1S/C22H17ClFNO4/c1-28-21-10-14(12-25-17-6-7-19(24)18(23)11-17)5-8-20(21)29-13-15-3-2-4-16(9-15)22(26)27/h2-12H,13H2,1H3,(H,26,27). The minimum Gasteiger partial charge on any atom is -0.493 e. The molecule has 0 aliphatic rings. The molecular formula is C22H17ClFNO4. The van der Waals surface area contributed by atoms with Crippen molar-refractivity contribution < 1.29 is 23.8 Å². The minimum absolute atomic E-state index is 0.00736. The molecule has 5 nitrogen and oxygen atoms in total. The van der Waals surface area contributed by atoms with E-state index in [9.17, 15) is 9.18 Å². The van der Waals surface area contributed by atoms with Gasteiger partial charge in [0, 0.05) is 6.21 Å². The van der Waals surface area contributed by atoms with Crippen molar-refractivity contribution in [3.63, 3.8) is 0 Å². The van der Waals surface area contributed by atoms with E-state index >= 15 is 0 Å². The van der Waals surface area contributed by atoms with Gasteiger partial charge in [-0.15, -0.1) is 0 Å². The van der Waals surface area contributed by atoms with Crippen LogP contribution >= 0.6 is 11.6 Å². The Hall–Kier alpha value is -3.38. The lowest BCUT2D eigenvalue weighted by Gasteiger charge is -2.11. The normalized spacial score (nSPS) is 10.9. The summed E-state index contributed by atoms with van der Waals surface area (Å²) in [6.45, 7) is 0.193. The Labute approximate surface area is 172 Å². The van der Waals surface area contributed by atoms with Crippen molar-refractivity contribution in [1.82, 2.24) is 0 Å². The molecule has 0 aromatic heterocycles. The number of benzene rings is 3. The SMILES string of the molecule is COc1cc(C=Nc2ccc(F)c(Cl)c2)ccc1OCc1cccc(C(=O)O)c1. The van der Waals surface area contributed by atoms with E-state index in [2.05, 4.69) is 4.99 Å². The van der Waals surface area contributed by atoms with Crippen LogP contribution in [0.15, 0.2) is 65.7 Å². The van der Waals surface area contributed by atoms with Crippen molar-refractivity contribution in [1.29, 1.82) is 0 Å². The van der Waals surface area contributed by atoms with Gasteiger partial charge < -0.3 is 14.6 Å². The molecule has 0 unspecified atom stereocenters.